The molecule has 3 aromatic rings. The highest BCUT2D eigenvalue weighted by Crippen LogP contribution is 2.38. The summed E-state index contributed by atoms with van der Waals surface area (Å²) in [5.41, 5.74) is -2.32. The third-order valence-corrected chi connectivity index (χ3v) is 9.00. The van der Waals surface area contributed by atoms with Gasteiger partial charge in [0.05, 0.1) is 23.9 Å². The van der Waals surface area contributed by atoms with Crippen LogP contribution in [0.25, 0.3) is 11.1 Å². The summed E-state index contributed by atoms with van der Waals surface area (Å²) in [6, 6.07) is 0.253. The standard InChI is InChI=1S/C34H42F6N6O4/c1-6-26-13-28(14-27(7-2)46(26)31(49)50-20-32(3,4)9-8-29(47)48)45(30-41-15-22(16-42-30)23-17-43-44(5)19-23)18-21-10-24(33(35,36)37)12-25(11-21)34(38,39)40/h10-12,15-17,19,26-28H,6-9,13-14,18,20H2,1-5H3,(H,47,48). The molecule has 274 valence electrons. The van der Waals surface area contributed by atoms with E-state index >= 15 is 0 Å². The van der Waals surface area contributed by atoms with Gasteiger partial charge in [0.15, 0.2) is 0 Å². The van der Waals surface area contributed by atoms with Crippen molar-refractivity contribution in [2.75, 3.05) is 11.5 Å². The Hall–Kier alpha value is -4.37. The number of carboxylic acids is 1. The van der Waals surface area contributed by atoms with Gasteiger partial charge in [0, 0.05) is 67.9 Å². The highest BCUT2D eigenvalue weighted by Gasteiger charge is 2.42. The van der Waals surface area contributed by atoms with Crippen molar-refractivity contribution in [3.63, 3.8) is 0 Å². The number of halogens is 6. The first-order chi connectivity index (χ1) is 23.3. The zero-order valence-corrected chi connectivity index (χ0v) is 28.6. The minimum Gasteiger partial charge on any atom is -0.481 e. The molecule has 3 heterocycles. The largest absolute Gasteiger partial charge is 0.481 e. The van der Waals surface area contributed by atoms with Crippen molar-refractivity contribution >= 4 is 18.0 Å². The molecule has 1 aromatic carbocycles. The molecule has 1 aliphatic rings. The highest BCUT2D eigenvalue weighted by molar-refractivity contribution is 5.69. The normalized spacial score (nSPS) is 18.6. The minimum absolute atomic E-state index is 0.00770. The first-order valence-corrected chi connectivity index (χ1v) is 16.3. The number of hydrogen-bond donors (Lipinski definition) is 1. The molecule has 2 unspecified atom stereocenters. The Morgan fingerprint density at radius 1 is 0.920 bits per heavy atom. The Morgan fingerprint density at radius 3 is 1.94 bits per heavy atom. The third kappa shape index (κ3) is 9.65. The average Bonchev–Trinajstić information content (AvgIpc) is 3.49. The topological polar surface area (TPSA) is 114 Å². The number of likely N-dealkylation sites (tertiary alicyclic amines) is 1. The van der Waals surface area contributed by atoms with Gasteiger partial charge in [-0.2, -0.15) is 31.4 Å². The van der Waals surface area contributed by atoms with Gasteiger partial charge in [0.25, 0.3) is 0 Å². The number of hydrogen-bond acceptors (Lipinski definition) is 7. The van der Waals surface area contributed by atoms with Crippen LogP contribution in [-0.2, 0) is 35.5 Å². The van der Waals surface area contributed by atoms with Gasteiger partial charge in [-0.3, -0.25) is 9.48 Å². The van der Waals surface area contributed by atoms with E-state index in [1.54, 1.807) is 47.8 Å². The Balaban J connectivity index is 1.69. The van der Waals surface area contributed by atoms with E-state index in [9.17, 15) is 35.9 Å². The monoisotopic (exact) mass is 712 g/mol. The number of anilines is 1. The summed E-state index contributed by atoms with van der Waals surface area (Å²) in [4.78, 5) is 36.9. The summed E-state index contributed by atoms with van der Waals surface area (Å²) in [6.07, 6.45) is -2.40. The fourth-order valence-electron chi connectivity index (χ4n) is 6.24. The average molecular weight is 713 g/mol. The van der Waals surface area contributed by atoms with Crippen LogP contribution in [0.15, 0.2) is 43.0 Å². The second-order valence-electron chi connectivity index (χ2n) is 13.5. The second-order valence-corrected chi connectivity index (χ2v) is 13.5. The van der Waals surface area contributed by atoms with E-state index in [1.165, 1.54) is 12.4 Å². The van der Waals surface area contributed by atoms with Crippen molar-refractivity contribution in [3.8, 4) is 11.1 Å². The van der Waals surface area contributed by atoms with Crippen molar-refractivity contribution in [2.45, 2.75) is 103 Å². The van der Waals surface area contributed by atoms with Gasteiger partial charge < -0.3 is 19.6 Å². The molecule has 0 radical (unpaired) electrons. The zero-order valence-electron chi connectivity index (χ0n) is 28.6. The molecular weight excluding hydrogens is 670 g/mol. The summed E-state index contributed by atoms with van der Waals surface area (Å²) in [5.74, 6) is -0.849. The molecule has 0 bridgehead atoms. The van der Waals surface area contributed by atoms with Crippen molar-refractivity contribution in [1.29, 1.82) is 0 Å². The molecule has 0 aliphatic carbocycles. The van der Waals surface area contributed by atoms with Crippen LogP contribution in [0.4, 0.5) is 37.1 Å². The number of carboxylic acid groups (broad SMARTS) is 1. The molecule has 1 N–H and O–H groups in total. The van der Waals surface area contributed by atoms with Gasteiger partial charge in [-0.25, -0.2) is 14.8 Å². The number of aryl methyl sites for hydroxylation is 1. The zero-order chi connectivity index (χ0) is 37.0. The molecule has 4 rings (SSSR count). The number of nitrogens with zero attached hydrogens (tertiary/aromatic N) is 6. The van der Waals surface area contributed by atoms with Crippen molar-refractivity contribution < 1.29 is 45.8 Å². The van der Waals surface area contributed by atoms with E-state index < -0.39 is 59.1 Å². The fraction of sp³-hybridized carbons (Fsp3) is 0.559. The number of rotatable bonds is 12. The third-order valence-electron chi connectivity index (χ3n) is 9.00. The van der Waals surface area contributed by atoms with Crippen LogP contribution in [0.2, 0.25) is 0 Å². The smallest absolute Gasteiger partial charge is 0.416 e. The number of carbonyl (C=O) groups is 2. The van der Waals surface area contributed by atoms with E-state index in [4.69, 9.17) is 9.84 Å². The number of amides is 1. The Labute approximate surface area is 286 Å². The lowest BCUT2D eigenvalue weighted by Crippen LogP contribution is -2.57. The lowest BCUT2D eigenvalue weighted by atomic mass is 9.87. The molecule has 10 nitrogen and oxygen atoms in total. The highest BCUT2D eigenvalue weighted by atomic mass is 19.4. The SMILES string of the molecule is CCC1CC(N(Cc2cc(C(F)(F)F)cc(C(F)(F)F)c2)c2ncc(-c3cnn(C)c3)cn2)CC(CC)N1C(=O)OCC(C)(C)CCC(=O)O. The van der Waals surface area contributed by atoms with Crippen LogP contribution in [-0.4, -0.2) is 66.5 Å². The molecule has 1 fully saturated rings. The number of carbonyl (C=O) groups excluding carboxylic acids is 1. The number of alkyl halides is 6. The van der Waals surface area contributed by atoms with Crippen LogP contribution in [0.5, 0.6) is 0 Å². The van der Waals surface area contributed by atoms with Gasteiger partial charge in [-0.05, 0) is 61.3 Å². The lowest BCUT2D eigenvalue weighted by molar-refractivity contribution is -0.143. The van der Waals surface area contributed by atoms with Crippen LogP contribution in [0, 0.1) is 5.41 Å². The molecule has 16 heteroatoms. The van der Waals surface area contributed by atoms with Crippen LogP contribution in [0.3, 0.4) is 0 Å². The van der Waals surface area contributed by atoms with Gasteiger partial charge in [0.2, 0.25) is 5.95 Å². The van der Waals surface area contributed by atoms with Crippen LogP contribution in [0.1, 0.15) is 82.9 Å². The first kappa shape index (κ1) is 38.4. The predicted octanol–water partition coefficient (Wildman–Crippen LogP) is 7.97. The number of ether oxygens (including phenoxy) is 1. The summed E-state index contributed by atoms with van der Waals surface area (Å²) in [6.45, 7) is 7.00. The summed E-state index contributed by atoms with van der Waals surface area (Å²) >= 11 is 0. The maximum atomic E-state index is 13.8. The molecule has 0 saturated carbocycles. The number of benzene rings is 1. The second kappa shape index (κ2) is 15.3. The number of piperidine rings is 1. The van der Waals surface area contributed by atoms with E-state index in [2.05, 4.69) is 15.1 Å². The minimum atomic E-state index is -5.02. The molecule has 0 spiro atoms. The van der Waals surface area contributed by atoms with Crippen molar-refractivity contribution in [3.05, 3.63) is 59.7 Å². The van der Waals surface area contributed by atoms with E-state index in [0.29, 0.717) is 55.4 Å². The lowest BCUT2D eigenvalue weighted by Gasteiger charge is -2.47. The Bertz CT molecular complexity index is 1580. The fourth-order valence-corrected chi connectivity index (χ4v) is 6.24. The molecular formula is C34H42F6N6O4. The molecule has 2 atom stereocenters. The quantitative estimate of drug-likeness (QED) is 0.188. The molecule has 1 aliphatic heterocycles. The number of aromatic nitrogens is 4. The van der Waals surface area contributed by atoms with E-state index in [1.807, 2.05) is 13.8 Å². The van der Waals surface area contributed by atoms with E-state index in [0.717, 1.165) is 0 Å². The first-order valence-electron chi connectivity index (χ1n) is 16.3. The van der Waals surface area contributed by atoms with Gasteiger partial charge in [-0.1, -0.05) is 27.7 Å². The molecule has 1 amide bonds. The van der Waals surface area contributed by atoms with Gasteiger partial charge in [-0.15, -0.1) is 0 Å². The van der Waals surface area contributed by atoms with Gasteiger partial charge in [0.1, 0.15) is 0 Å². The Kier molecular flexibility index (Phi) is 11.7. The maximum absolute atomic E-state index is 13.8. The summed E-state index contributed by atoms with van der Waals surface area (Å²) < 4.78 is 90.1. The summed E-state index contributed by atoms with van der Waals surface area (Å²) in [5, 5.41) is 13.2. The summed E-state index contributed by atoms with van der Waals surface area (Å²) in [7, 11) is 1.74. The molecule has 2 aromatic heterocycles. The number of aliphatic carboxylic acids is 1. The van der Waals surface area contributed by atoms with Gasteiger partial charge >= 0.3 is 24.4 Å². The molecule has 1 saturated heterocycles. The van der Waals surface area contributed by atoms with Crippen LogP contribution >= 0.6 is 0 Å². The predicted molar refractivity (Wildman–Crippen MR) is 172 cm³/mol. The van der Waals surface area contributed by atoms with Crippen molar-refractivity contribution in [2.24, 2.45) is 12.5 Å². The van der Waals surface area contributed by atoms with E-state index in [-0.39, 0.29) is 37.2 Å². The Morgan fingerprint density at radius 2 is 1.48 bits per heavy atom. The van der Waals surface area contributed by atoms with Crippen LogP contribution < -0.4 is 4.90 Å². The van der Waals surface area contributed by atoms with Crippen molar-refractivity contribution in [1.82, 2.24) is 24.6 Å². The molecule has 50 heavy (non-hydrogen) atoms. The maximum Gasteiger partial charge on any atom is 0.416 e.